The highest BCUT2D eigenvalue weighted by atomic mass is 16.5. The van der Waals surface area contributed by atoms with Crippen LogP contribution in [0.25, 0.3) is 0 Å². The van der Waals surface area contributed by atoms with Crippen LogP contribution in [0.5, 0.6) is 17.2 Å². The first kappa shape index (κ1) is 24.9. The van der Waals surface area contributed by atoms with Crippen molar-refractivity contribution in [3.05, 3.63) is 53.6 Å². The van der Waals surface area contributed by atoms with Crippen molar-refractivity contribution in [1.29, 1.82) is 0 Å². The Kier molecular flexibility index (Phi) is 7.99. The third-order valence-corrected chi connectivity index (χ3v) is 5.50. The molecule has 0 saturated carbocycles. The van der Waals surface area contributed by atoms with E-state index in [1.54, 1.807) is 34.4 Å². The van der Waals surface area contributed by atoms with Gasteiger partial charge in [-0.2, -0.15) is 5.10 Å². The minimum absolute atomic E-state index is 0.0386. The van der Waals surface area contributed by atoms with Crippen molar-refractivity contribution in [2.45, 2.75) is 32.4 Å². The minimum Gasteiger partial charge on any atom is -0.497 e. The fraction of sp³-hybridized carbons (Fsp3) is 0.400. The van der Waals surface area contributed by atoms with Crippen molar-refractivity contribution in [3.63, 3.8) is 0 Å². The molecule has 3 amide bonds. The van der Waals surface area contributed by atoms with Crippen LogP contribution < -0.4 is 19.5 Å². The van der Waals surface area contributed by atoms with Crippen LogP contribution in [0.1, 0.15) is 37.4 Å². The monoisotopic (exact) mass is 468 g/mol. The zero-order valence-corrected chi connectivity index (χ0v) is 20.5. The van der Waals surface area contributed by atoms with Crippen molar-refractivity contribution in [3.8, 4) is 17.2 Å². The van der Waals surface area contributed by atoms with Gasteiger partial charge in [0.25, 0.3) is 5.91 Å². The normalized spacial score (nSPS) is 15.1. The summed E-state index contributed by atoms with van der Waals surface area (Å²) in [6, 6.07) is 12.2. The summed E-state index contributed by atoms with van der Waals surface area (Å²) < 4.78 is 16.4. The van der Waals surface area contributed by atoms with Crippen molar-refractivity contribution < 1.29 is 23.8 Å². The maximum absolute atomic E-state index is 13.4. The lowest BCUT2D eigenvalue weighted by Crippen LogP contribution is -2.45. The summed E-state index contributed by atoms with van der Waals surface area (Å²) in [5.41, 5.74) is 2.36. The molecule has 1 atom stereocenters. The first-order valence-corrected chi connectivity index (χ1v) is 11.0. The fourth-order valence-corrected chi connectivity index (χ4v) is 3.76. The number of hydrogen-bond donors (Lipinski definition) is 1. The molecule has 1 N–H and O–H groups in total. The van der Waals surface area contributed by atoms with Gasteiger partial charge in [-0.1, -0.05) is 12.1 Å². The smallest absolute Gasteiger partial charge is 0.317 e. The van der Waals surface area contributed by atoms with E-state index in [-0.39, 0.29) is 24.5 Å². The molecule has 0 fully saturated rings. The van der Waals surface area contributed by atoms with Crippen molar-refractivity contribution in [2.24, 2.45) is 5.10 Å². The molecule has 0 radical (unpaired) electrons. The van der Waals surface area contributed by atoms with E-state index in [2.05, 4.69) is 10.4 Å². The molecule has 2 aromatic rings. The Hall–Kier alpha value is -3.75. The summed E-state index contributed by atoms with van der Waals surface area (Å²) in [6.07, 6.45) is 0.463. The number of hydrogen-bond acceptors (Lipinski definition) is 6. The summed E-state index contributed by atoms with van der Waals surface area (Å²) in [5, 5.41) is 8.91. The van der Waals surface area contributed by atoms with E-state index in [9.17, 15) is 9.59 Å². The van der Waals surface area contributed by atoms with Crippen molar-refractivity contribution in [2.75, 3.05) is 34.9 Å². The number of nitrogens with one attached hydrogen (secondary N) is 1. The van der Waals surface area contributed by atoms with E-state index in [1.807, 2.05) is 50.2 Å². The van der Waals surface area contributed by atoms with Crippen LogP contribution in [0.2, 0.25) is 0 Å². The summed E-state index contributed by atoms with van der Waals surface area (Å²) >= 11 is 0. The molecule has 1 heterocycles. The van der Waals surface area contributed by atoms with Gasteiger partial charge in [-0.3, -0.25) is 4.79 Å². The molecule has 0 bridgehead atoms. The summed E-state index contributed by atoms with van der Waals surface area (Å²) in [4.78, 5) is 27.1. The Morgan fingerprint density at radius 1 is 1.09 bits per heavy atom. The number of methoxy groups -OCH3 is 3. The molecule has 182 valence electrons. The number of ether oxygens (including phenoxy) is 3. The van der Waals surface area contributed by atoms with E-state index in [0.29, 0.717) is 23.7 Å². The predicted molar refractivity (Wildman–Crippen MR) is 130 cm³/mol. The number of rotatable bonds is 8. The van der Waals surface area contributed by atoms with Crippen LogP contribution in [-0.2, 0) is 4.79 Å². The van der Waals surface area contributed by atoms with Gasteiger partial charge in [-0.15, -0.1) is 0 Å². The van der Waals surface area contributed by atoms with E-state index in [1.165, 1.54) is 9.91 Å². The highest BCUT2D eigenvalue weighted by Crippen LogP contribution is 2.39. The minimum atomic E-state index is -0.430. The standard InChI is InChI=1S/C25H32N4O5/c1-16(2)26-25(31)28(3)15-24(30)29-22(20-13-19(33-5)10-11-23(20)34-6)14-21(27-29)17-8-7-9-18(12-17)32-4/h7-13,16,22H,14-15H2,1-6H3,(H,26,31)/t22-/m1/s1. The molecule has 34 heavy (non-hydrogen) atoms. The molecule has 0 saturated heterocycles. The molecule has 0 unspecified atom stereocenters. The lowest BCUT2D eigenvalue weighted by atomic mass is 9.97. The Balaban J connectivity index is 1.97. The summed E-state index contributed by atoms with van der Waals surface area (Å²) in [7, 11) is 6.36. The second-order valence-electron chi connectivity index (χ2n) is 8.31. The largest absolute Gasteiger partial charge is 0.497 e. The third-order valence-electron chi connectivity index (χ3n) is 5.50. The number of urea groups is 1. The van der Waals surface area contributed by atoms with E-state index in [4.69, 9.17) is 14.2 Å². The number of benzene rings is 2. The maximum Gasteiger partial charge on any atom is 0.317 e. The highest BCUT2D eigenvalue weighted by molar-refractivity contribution is 6.03. The number of carbonyl (C=O) groups excluding carboxylic acids is 2. The molecule has 1 aliphatic heterocycles. The molecule has 0 aliphatic carbocycles. The molecule has 9 heteroatoms. The predicted octanol–water partition coefficient (Wildman–Crippen LogP) is 3.44. The number of nitrogens with zero attached hydrogens (tertiary/aromatic N) is 3. The second kappa shape index (κ2) is 10.9. The topological polar surface area (TPSA) is 92.7 Å². The summed E-state index contributed by atoms with van der Waals surface area (Å²) in [6.45, 7) is 3.60. The Morgan fingerprint density at radius 3 is 2.44 bits per heavy atom. The molecule has 2 aromatic carbocycles. The number of amides is 3. The van der Waals surface area contributed by atoms with Gasteiger partial charge in [0.15, 0.2) is 0 Å². The van der Waals surface area contributed by atoms with Crippen LogP contribution in [0.15, 0.2) is 47.6 Å². The first-order chi connectivity index (χ1) is 16.3. The van der Waals surface area contributed by atoms with Gasteiger partial charge in [0.1, 0.15) is 23.8 Å². The van der Waals surface area contributed by atoms with Crippen molar-refractivity contribution in [1.82, 2.24) is 15.2 Å². The molecule has 1 aliphatic rings. The second-order valence-corrected chi connectivity index (χ2v) is 8.31. The van der Waals surface area contributed by atoms with Crippen LogP contribution in [0.4, 0.5) is 4.79 Å². The van der Waals surface area contributed by atoms with Crippen LogP contribution in [0, 0.1) is 0 Å². The van der Waals surface area contributed by atoms with E-state index >= 15 is 0 Å². The van der Waals surface area contributed by atoms with Crippen LogP contribution in [0.3, 0.4) is 0 Å². The molecular weight excluding hydrogens is 436 g/mol. The lowest BCUT2D eigenvalue weighted by Gasteiger charge is -2.26. The van der Waals surface area contributed by atoms with Gasteiger partial charge in [-0.05, 0) is 44.2 Å². The SMILES string of the molecule is COc1cccc(C2=NN(C(=O)CN(C)C(=O)NC(C)C)[C@@H](c3cc(OC)ccc3OC)C2)c1. The summed E-state index contributed by atoms with van der Waals surface area (Å²) in [5.74, 6) is 1.66. The number of likely N-dealkylation sites (N-methyl/N-ethyl adjacent to an activating group) is 1. The molecule has 0 spiro atoms. The van der Waals surface area contributed by atoms with Gasteiger partial charge in [0.2, 0.25) is 0 Å². The zero-order valence-electron chi connectivity index (χ0n) is 20.5. The number of carbonyl (C=O) groups is 2. The van der Waals surface area contributed by atoms with Gasteiger partial charge in [-0.25, -0.2) is 9.80 Å². The molecule has 3 rings (SSSR count). The number of hydrazone groups is 1. The average molecular weight is 469 g/mol. The van der Waals surface area contributed by atoms with Gasteiger partial charge in [0.05, 0.1) is 33.1 Å². The Labute approximate surface area is 200 Å². The van der Waals surface area contributed by atoms with E-state index in [0.717, 1.165) is 16.8 Å². The Morgan fingerprint density at radius 2 is 1.79 bits per heavy atom. The highest BCUT2D eigenvalue weighted by Gasteiger charge is 2.36. The molecular formula is C25H32N4O5. The van der Waals surface area contributed by atoms with Crippen molar-refractivity contribution >= 4 is 17.6 Å². The molecule has 0 aromatic heterocycles. The van der Waals surface area contributed by atoms with Crippen LogP contribution >= 0.6 is 0 Å². The van der Waals surface area contributed by atoms with E-state index < -0.39 is 6.04 Å². The van der Waals surface area contributed by atoms with Crippen LogP contribution in [-0.4, -0.2) is 68.5 Å². The quantitative estimate of drug-likeness (QED) is 0.641. The zero-order chi connectivity index (χ0) is 24.8. The fourth-order valence-electron chi connectivity index (χ4n) is 3.76. The first-order valence-electron chi connectivity index (χ1n) is 11.0. The van der Waals surface area contributed by atoms with Gasteiger partial charge < -0.3 is 24.4 Å². The Bertz CT molecular complexity index is 1070. The third kappa shape index (κ3) is 5.59. The average Bonchev–Trinajstić information content (AvgIpc) is 3.28. The molecule has 9 nitrogen and oxygen atoms in total. The van der Waals surface area contributed by atoms with Gasteiger partial charge in [0, 0.05) is 30.6 Å². The van der Waals surface area contributed by atoms with Gasteiger partial charge >= 0.3 is 6.03 Å². The lowest BCUT2D eigenvalue weighted by molar-refractivity contribution is -0.133. The maximum atomic E-state index is 13.4.